The molecule has 2 aliphatic carbocycles. The number of fused-ring (bicyclic) bond motifs is 2. The highest BCUT2D eigenvalue weighted by atomic mass is 79.9. The molecule has 2 N–H and O–H groups in total. The van der Waals surface area contributed by atoms with Crippen molar-refractivity contribution in [2.24, 2.45) is 0 Å². The second kappa shape index (κ2) is 7.24. The summed E-state index contributed by atoms with van der Waals surface area (Å²) in [5.41, 5.74) is 0.946. The second-order valence-corrected chi connectivity index (χ2v) is 9.81. The number of aliphatic carboxylic acids is 1. The van der Waals surface area contributed by atoms with Crippen LogP contribution in [-0.2, 0) is 10.2 Å². The molecular weight excluding hydrogens is 484 g/mol. The average Bonchev–Trinajstić information content (AvgIpc) is 3.00. The van der Waals surface area contributed by atoms with Crippen LogP contribution in [0.15, 0.2) is 48.5 Å². The van der Waals surface area contributed by atoms with E-state index in [-0.39, 0.29) is 4.83 Å². The third-order valence-electron chi connectivity index (χ3n) is 5.79. The van der Waals surface area contributed by atoms with Gasteiger partial charge in [-0.25, -0.2) is 4.79 Å². The lowest BCUT2D eigenvalue weighted by Gasteiger charge is -2.49. The summed E-state index contributed by atoms with van der Waals surface area (Å²) in [6, 6.07) is 12.8. The number of benzene rings is 2. The van der Waals surface area contributed by atoms with Crippen LogP contribution in [-0.4, -0.2) is 26.8 Å². The van der Waals surface area contributed by atoms with Crippen LogP contribution in [0.1, 0.15) is 24.0 Å². The monoisotopic (exact) mass is 499 g/mol. The Bertz CT molecular complexity index is 982. The lowest BCUT2D eigenvalue weighted by Crippen LogP contribution is -2.62. The molecule has 0 amide bonds. The Morgan fingerprint density at radius 1 is 1.18 bits per heavy atom. The van der Waals surface area contributed by atoms with E-state index in [1.54, 1.807) is 24.3 Å². The molecule has 4 unspecified atom stereocenters. The summed E-state index contributed by atoms with van der Waals surface area (Å²) >= 11 is 23.0. The molecule has 146 valence electrons. The molecule has 3 nitrogen and oxygen atoms in total. The predicted octanol–water partition coefficient (Wildman–Crippen LogP) is 6.36. The number of carboxylic acid groups (broad SMARTS) is 1. The Labute approximate surface area is 186 Å². The molecule has 0 aromatic heterocycles. The van der Waals surface area contributed by atoms with Crippen LogP contribution < -0.4 is 5.32 Å². The lowest BCUT2D eigenvalue weighted by atomic mass is 9.64. The minimum absolute atomic E-state index is 0.145. The van der Waals surface area contributed by atoms with Crippen LogP contribution in [0.4, 0.5) is 5.69 Å². The van der Waals surface area contributed by atoms with E-state index in [0.717, 1.165) is 11.1 Å². The van der Waals surface area contributed by atoms with Gasteiger partial charge in [-0.3, -0.25) is 0 Å². The van der Waals surface area contributed by atoms with Gasteiger partial charge in [-0.2, -0.15) is 0 Å². The lowest BCUT2D eigenvalue weighted by molar-refractivity contribution is -0.143. The minimum atomic E-state index is -1.33. The molecule has 2 aliphatic rings. The molecule has 2 aromatic carbocycles. The maximum absolute atomic E-state index is 12.4. The highest BCUT2D eigenvalue weighted by Crippen LogP contribution is 2.54. The van der Waals surface area contributed by atoms with E-state index in [1.165, 1.54) is 0 Å². The molecule has 28 heavy (non-hydrogen) atoms. The zero-order valence-corrected chi connectivity index (χ0v) is 18.5. The fourth-order valence-electron chi connectivity index (χ4n) is 4.30. The van der Waals surface area contributed by atoms with E-state index in [1.807, 2.05) is 24.3 Å². The Balaban J connectivity index is 1.73. The molecule has 4 rings (SSSR count). The van der Waals surface area contributed by atoms with Crippen molar-refractivity contribution in [2.45, 2.75) is 34.0 Å². The van der Waals surface area contributed by atoms with Gasteiger partial charge < -0.3 is 10.4 Å². The summed E-state index contributed by atoms with van der Waals surface area (Å²) in [6.45, 7) is 0. The molecule has 0 bridgehead atoms. The first-order valence-electron chi connectivity index (χ1n) is 8.82. The molecule has 1 saturated carbocycles. The summed E-state index contributed by atoms with van der Waals surface area (Å²) in [7, 11) is 0. The summed E-state index contributed by atoms with van der Waals surface area (Å²) < 4.78 is 0. The first-order valence-corrected chi connectivity index (χ1v) is 10.9. The van der Waals surface area contributed by atoms with Crippen LogP contribution in [0.2, 0.25) is 10.0 Å². The standard InChI is InChI=1S/C21H17BrCl3NO2/c22-17-10-21(19(27)28,26-13-4-1-3-12(23)9-13)18(25)11-20(17)8-7-14-15(20)5-2-6-16(14)24/h1-9,17-18,26H,10-11H2,(H,27,28). The highest BCUT2D eigenvalue weighted by Gasteiger charge is 2.58. The Morgan fingerprint density at radius 2 is 1.93 bits per heavy atom. The molecule has 1 fully saturated rings. The normalized spacial score (nSPS) is 31.0. The van der Waals surface area contributed by atoms with Crippen LogP contribution in [0.25, 0.3) is 6.08 Å². The van der Waals surface area contributed by atoms with Crippen LogP contribution in [0.3, 0.4) is 0 Å². The second-order valence-electron chi connectivity index (χ2n) is 7.33. The Morgan fingerprint density at radius 3 is 2.64 bits per heavy atom. The van der Waals surface area contributed by atoms with E-state index in [9.17, 15) is 9.90 Å². The number of alkyl halides is 2. The quantitative estimate of drug-likeness (QED) is 0.482. The molecular formula is C21H17BrCl3NO2. The van der Waals surface area contributed by atoms with E-state index in [0.29, 0.717) is 28.6 Å². The number of allylic oxidation sites excluding steroid dienone is 1. The molecule has 2 aromatic rings. The number of halogens is 4. The van der Waals surface area contributed by atoms with Gasteiger partial charge in [-0.1, -0.05) is 69.5 Å². The number of hydrogen-bond donors (Lipinski definition) is 2. The van der Waals surface area contributed by atoms with E-state index >= 15 is 0 Å². The van der Waals surface area contributed by atoms with Gasteiger partial charge >= 0.3 is 5.97 Å². The van der Waals surface area contributed by atoms with Gasteiger partial charge in [0, 0.05) is 26.0 Å². The smallest absolute Gasteiger partial charge is 0.330 e. The third kappa shape index (κ3) is 3.06. The SMILES string of the molecule is O=C(O)C1(Nc2cccc(Cl)c2)CC(Br)C2(C=Cc3c(Cl)cccc32)CC1Cl. The topological polar surface area (TPSA) is 49.3 Å². The van der Waals surface area contributed by atoms with E-state index < -0.39 is 22.3 Å². The van der Waals surface area contributed by atoms with E-state index in [2.05, 4.69) is 27.3 Å². The summed E-state index contributed by atoms with van der Waals surface area (Å²) in [5, 5.41) is 13.9. The summed E-state index contributed by atoms with van der Waals surface area (Å²) in [5.74, 6) is -0.986. The number of carbonyl (C=O) groups is 1. The van der Waals surface area contributed by atoms with Crippen LogP contribution >= 0.6 is 50.7 Å². The molecule has 0 aliphatic heterocycles. The molecule has 7 heteroatoms. The number of anilines is 1. The molecule has 0 heterocycles. The third-order valence-corrected chi connectivity index (χ3v) is 8.02. The fraction of sp³-hybridized carbons (Fsp3) is 0.286. The number of rotatable bonds is 3. The zero-order valence-electron chi connectivity index (χ0n) is 14.6. The van der Waals surface area contributed by atoms with Gasteiger partial charge in [0.2, 0.25) is 0 Å². The van der Waals surface area contributed by atoms with Gasteiger partial charge in [-0.05, 0) is 48.2 Å². The van der Waals surface area contributed by atoms with Crippen molar-refractivity contribution in [2.75, 3.05) is 5.32 Å². The molecule has 0 radical (unpaired) electrons. The maximum Gasteiger partial charge on any atom is 0.330 e. The number of nitrogens with one attached hydrogen (secondary N) is 1. The van der Waals surface area contributed by atoms with Gasteiger partial charge in [-0.15, -0.1) is 11.6 Å². The molecule has 1 spiro atoms. The van der Waals surface area contributed by atoms with Crippen molar-refractivity contribution < 1.29 is 9.90 Å². The molecule has 0 saturated heterocycles. The van der Waals surface area contributed by atoms with E-state index in [4.69, 9.17) is 34.8 Å². The van der Waals surface area contributed by atoms with Crippen molar-refractivity contribution >= 4 is 68.5 Å². The first kappa shape index (κ1) is 20.1. The van der Waals surface area contributed by atoms with Gasteiger partial charge in [0.05, 0.1) is 5.38 Å². The Kier molecular flexibility index (Phi) is 5.20. The zero-order chi connectivity index (χ0) is 20.1. The first-order chi connectivity index (χ1) is 13.3. The van der Waals surface area contributed by atoms with Crippen LogP contribution in [0.5, 0.6) is 0 Å². The highest BCUT2D eigenvalue weighted by molar-refractivity contribution is 9.09. The van der Waals surface area contributed by atoms with Crippen molar-refractivity contribution in [3.05, 3.63) is 69.7 Å². The predicted molar refractivity (Wildman–Crippen MR) is 119 cm³/mol. The van der Waals surface area contributed by atoms with Crippen molar-refractivity contribution in [1.82, 2.24) is 0 Å². The van der Waals surface area contributed by atoms with Crippen molar-refractivity contribution in [3.63, 3.8) is 0 Å². The largest absolute Gasteiger partial charge is 0.479 e. The number of carboxylic acids is 1. The summed E-state index contributed by atoms with van der Waals surface area (Å²) in [4.78, 5) is 12.2. The average molecular weight is 502 g/mol. The van der Waals surface area contributed by atoms with Gasteiger partial charge in [0.15, 0.2) is 5.54 Å². The van der Waals surface area contributed by atoms with Crippen LogP contribution in [0, 0.1) is 0 Å². The Hall–Kier alpha value is -1.20. The minimum Gasteiger partial charge on any atom is -0.479 e. The summed E-state index contributed by atoms with van der Waals surface area (Å²) in [6.07, 6.45) is 4.85. The number of hydrogen-bond acceptors (Lipinski definition) is 2. The maximum atomic E-state index is 12.4. The molecule has 4 atom stereocenters. The van der Waals surface area contributed by atoms with Gasteiger partial charge in [0.25, 0.3) is 0 Å². The van der Waals surface area contributed by atoms with Crippen molar-refractivity contribution in [1.29, 1.82) is 0 Å². The van der Waals surface area contributed by atoms with Gasteiger partial charge in [0.1, 0.15) is 0 Å². The fourth-order valence-corrected chi connectivity index (χ4v) is 6.32. The van der Waals surface area contributed by atoms with Crippen molar-refractivity contribution in [3.8, 4) is 0 Å².